The van der Waals surface area contributed by atoms with Crippen molar-refractivity contribution in [1.82, 2.24) is 4.90 Å². The molecule has 0 aromatic carbocycles. The van der Waals surface area contributed by atoms with Gasteiger partial charge in [-0.3, -0.25) is 0 Å². The zero-order valence-corrected chi connectivity index (χ0v) is 44.4. The monoisotopic (exact) mass is 886 g/mol. The Hall–Kier alpha value is 0.194. The van der Waals surface area contributed by atoms with Crippen LogP contribution < -0.4 is 0 Å². The molecule has 0 saturated heterocycles. The SMILES string of the molecule is CCCCCCCC[Si](C)(C)OC(CCCCCCC)OCCCCCCN(CCCCO)CCCCCCOC(CCCCCCC)O[Si](C)(C)CCCCCCCC. The van der Waals surface area contributed by atoms with Gasteiger partial charge >= 0.3 is 0 Å². The maximum absolute atomic E-state index is 9.43. The quantitative estimate of drug-likeness (QED) is 0.0373. The van der Waals surface area contributed by atoms with Crippen LogP contribution in [0.25, 0.3) is 0 Å². The molecule has 0 radical (unpaired) electrons. The van der Waals surface area contributed by atoms with Crippen molar-refractivity contribution in [3.05, 3.63) is 0 Å². The van der Waals surface area contributed by atoms with Gasteiger partial charge in [-0.1, -0.05) is 182 Å². The van der Waals surface area contributed by atoms with E-state index in [0.29, 0.717) is 6.61 Å². The molecule has 2 atom stereocenters. The van der Waals surface area contributed by atoms with Crippen molar-refractivity contribution >= 4 is 16.6 Å². The molecule has 8 heteroatoms. The van der Waals surface area contributed by atoms with Gasteiger partial charge in [0.25, 0.3) is 0 Å². The van der Waals surface area contributed by atoms with E-state index in [9.17, 15) is 5.11 Å². The third-order valence-electron chi connectivity index (χ3n) is 12.5. The zero-order chi connectivity index (χ0) is 44.3. The number of rotatable bonds is 50. The fourth-order valence-corrected chi connectivity index (χ4v) is 12.7. The number of aliphatic hydroxyl groups is 1. The largest absolute Gasteiger partial charge is 0.396 e. The van der Waals surface area contributed by atoms with Crippen LogP contribution in [0, 0.1) is 0 Å². The summed E-state index contributed by atoms with van der Waals surface area (Å²) in [6.45, 7) is 24.2. The number of hydrogen-bond donors (Lipinski definition) is 1. The molecule has 0 heterocycles. The Bertz CT molecular complexity index is 787. The Kier molecular flexibility index (Phi) is 44.5. The summed E-state index contributed by atoms with van der Waals surface area (Å²) < 4.78 is 26.6. The predicted octanol–water partition coefficient (Wildman–Crippen LogP) is 16.8. The summed E-state index contributed by atoms with van der Waals surface area (Å²) in [6, 6.07) is 2.51. The van der Waals surface area contributed by atoms with E-state index in [0.717, 1.165) is 58.3 Å². The lowest BCUT2D eigenvalue weighted by Gasteiger charge is -2.30. The van der Waals surface area contributed by atoms with E-state index in [2.05, 4.69) is 58.8 Å². The van der Waals surface area contributed by atoms with Crippen LogP contribution in [0.5, 0.6) is 0 Å². The third-order valence-corrected chi connectivity index (χ3v) is 17.4. The molecule has 0 rings (SSSR count). The number of nitrogens with zero attached hydrogens (tertiary/aromatic N) is 1. The summed E-state index contributed by atoms with van der Waals surface area (Å²) in [5.41, 5.74) is 0. The number of hydrogen-bond acceptors (Lipinski definition) is 6. The zero-order valence-electron chi connectivity index (χ0n) is 42.4. The normalized spacial score (nSPS) is 13.5. The smallest absolute Gasteiger partial charge is 0.190 e. The summed E-state index contributed by atoms with van der Waals surface area (Å²) in [7, 11) is -3.45. The molecule has 0 aromatic heterocycles. The molecule has 0 aromatic rings. The van der Waals surface area contributed by atoms with Crippen LogP contribution in [-0.4, -0.2) is 78.7 Å². The third kappa shape index (κ3) is 42.2. The summed E-state index contributed by atoms with van der Waals surface area (Å²) >= 11 is 0. The second-order valence-electron chi connectivity index (χ2n) is 19.9. The van der Waals surface area contributed by atoms with Crippen molar-refractivity contribution in [2.24, 2.45) is 0 Å². The molecule has 2 unspecified atom stereocenters. The number of aliphatic hydroxyl groups excluding tert-OH is 1. The topological polar surface area (TPSA) is 60.4 Å². The molecule has 0 aliphatic rings. The van der Waals surface area contributed by atoms with Crippen molar-refractivity contribution < 1.29 is 23.4 Å². The van der Waals surface area contributed by atoms with Gasteiger partial charge in [0, 0.05) is 19.8 Å². The molecule has 0 spiro atoms. The molecule has 60 heavy (non-hydrogen) atoms. The Labute approximate surface area is 379 Å². The second kappa shape index (κ2) is 44.4. The van der Waals surface area contributed by atoms with Gasteiger partial charge in [0.15, 0.2) is 16.6 Å². The molecule has 6 nitrogen and oxygen atoms in total. The first-order valence-electron chi connectivity index (χ1n) is 27.0. The lowest BCUT2D eigenvalue weighted by molar-refractivity contribution is -0.0929. The lowest BCUT2D eigenvalue weighted by atomic mass is 10.1. The van der Waals surface area contributed by atoms with Crippen LogP contribution in [0.3, 0.4) is 0 Å². The predicted molar refractivity (Wildman–Crippen MR) is 269 cm³/mol. The summed E-state index contributed by atoms with van der Waals surface area (Å²) in [6.07, 6.45) is 43.1. The first-order chi connectivity index (χ1) is 29.1. The van der Waals surface area contributed by atoms with Crippen molar-refractivity contribution in [3.8, 4) is 0 Å². The van der Waals surface area contributed by atoms with Crippen molar-refractivity contribution in [2.45, 2.75) is 297 Å². The van der Waals surface area contributed by atoms with E-state index in [-0.39, 0.29) is 12.6 Å². The first kappa shape index (κ1) is 60.2. The van der Waals surface area contributed by atoms with Gasteiger partial charge < -0.3 is 28.3 Å². The first-order valence-corrected chi connectivity index (χ1v) is 33.3. The average Bonchev–Trinajstić information content (AvgIpc) is 3.21. The minimum Gasteiger partial charge on any atom is -0.396 e. The van der Waals surface area contributed by atoms with Gasteiger partial charge in [0.05, 0.1) is 0 Å². The summed E-state index contributed by atoms with van der Waals surface area (Å²) in [4.78, 5) is 2.67. The molecule has 0 amide bonds. The maximum Gasteiger partial charge on any atom is 0.190 e. The van der Waals surface area contributed by atoms with E-state index in [1.54, 1.807) is 0 Å². The van der Waals surface area contributed by atoms with Crippen LogP contribution in [0.2, 0.25) is 38.3 Å². The fraction of sp³-hybridized carbons (Fsp3) is 1.00. The standard InChI is InChI=1S/C52H111NO5Si2/c1-9-13-17-21-29-39-49-59(5,6)57-51(41-31-23-19-15-11-3)55-47-37-27-25-33-43-53(45-35-36-46-54)44-34-26-28-38-48-56-52(42-32-24-20-16-12-4)58-60(7,8)50-40-30-22-18-14-10-2/h51-52,54H,9-50H2,1-8H3. The van der Waals surface area contributed by atoms with Crippen LogP contribution >= 0.6 is 0 Å². The Morgan fingerprint density at radius 1 is 0.367 bits per heavy atom. The van der Waals surface area contributed by atoms with E-state index < -0.39 is 16.6 Å². The second-order valence-corrected chi connectivity index (χ2v) is 28.4. The highest BCUT2D eigenvalue weighted by Crippen LogP contribution is 2.24. The molecule has 0 aliphatic heterocycles. The minimum absolute atomic E-state index is 0.00873. The fourth-order valence-electron chi connectivity index (χ4n) is 8.47. The van der Waals surface area contributed by atoms with Crippen LogP contribution in [0.15, 0.2) is 0 Å². The van der Waals surface area contributed by atoms with Gasteiger partial charge in [0.2, 0.25) is 0 Å². The Morgan fingerprint density at radius 2 is 0.667 bits per heavy atom. The van der Waals surface area contributed by atoms with Gasteiger partial charge in [-0.15, -0.1) is 0 Å². The highest BCUT2D eigenvalue weighted by Gasteiger charge is 2.28. The van der Waals surface area contributed by atoms with E-state index in [1.165, 1.54) is 205 Å². The van der Waals surface area contributed by atoms with E-state index in [1.807, 2.05) is 0 Å². The molecule has 0 fully saturated rings. The van der Waals surface area contributed by atoms with Crippen LogP contribution in [0.4, 0.5) is 0 Å². The summed E-state index contributed by atoms with van der Waals surface area (Å²) in [5.74, 6) is 0. The minimum atomic E-state index is -1.72. The van der Waals surface area contributed by atoms with Gasteiger partial charge in [-0.2, -0.15) is 0 Å². The van der Waals surface area contributed by atoms with Gasteiger partial charge in [-0.05, 0) is 122 Å². The van der Waals surface area contributed by atoms with Crippen LogP contribution in [-0.2, 0) is 18.3 Å². The van der Waals surface area contributed by atoms with Gasteiger partial charge in [0.1, 0.15) is 12.6 Å². The molecular weight excluding hydrogens is 775 g/mol. The Balaban J connectivity index is 4.62. The van der Waals surface area contributed by atoms with E-state index in [4.69, 9.17) is 18.3 Å². The average molecular weight is 887 g/mol. The molecule has 0 aliphatic carbocycles. The lowest BCUT2D eigenvalue weighted by Crippen LogP contribution is -2.37. The van der Waals surface area contributed by atoms with E-state index >= 15 is 0 Å². The van der Waals surface area contributed by atoms with Crippen molar-refractivity contribution in [2.75, 3.05) is 39.5 Å². The highest BCUT2D eigenvalue weighted by molar-refractivity contribution is 6.71. The van der Waals surface area contributed by atoms with Crippen LogP contribution in [0.1, 0.15) is 246 Å². The maximum atomic E-state index is 9.43. The van der Waals surface area contributed by atoms with Gasteiger partial charge in [-0.25, -0.2) is 0 Å². The molecule has 362 valence electrons. The molecule has 1 N–H and O–H groups in total. The molecule has 0 bridgehead atoms. The number of unbranched alkanes of at least 4 members (excludes halogenated alkanes) is 25. The molecular formula is C52H111NO5Si2. The van der Waals surface area contributed by atoms with Crippen molar-refractivity contribution in [1.29, 1.82) is 0 Å². The number of ether oxygens (including phenoxy) is 2. The van der Waals surface area contributed by atoms with Crippen molar-refractivity contribution in [3.63, 3.8) is 0 Å². The summed E-state index contributed by atoms with van der Waals surface area (Å²) in [5, 5.41) is 9.43. The Morgan fingerprint density at radius 3 is 1.03 bits per heavy atom. The molecule has 0 saturated carbocycles. The highest BCUT2D eigenvalue weighted by atomic mass is 28.4.